The Bertz CT molecular complexity index is 892. The van der Waals surface area contributed by atoms with Gasteiger partial charge in [-0.25, -0.2) is 4.79 Å². The van der Waals surface area contributed by atoms with Crippen LogP contribution in [0.2, 0.25) is 0 Å². The number of aliphatic hydroxyl groups excluding tert-OH is 6. The first-order valence-corrected chi connectivity index (χ1v) is 10.8. The van der Waals surface area contributed by atoms with Crippen molar-refractivity contribution in [3.8, 4) is 11.5 Å². The molecule has 2 saturated heterocycles. The van der Waals surface area contributed by atoms with Gasteiger partial charge in [0, 0.05) is 6.08 Å². The summed E-state index contributed by atoms with van der Waals surface area (Å²) in [5.74, 6) is -0.839. The van der Waals surface area contributed by atoms with Crippen LogP contribution in [0, 0.1) is 0 Å². The average Bonchev–Trinajstić information content (AvgIpc) is 2.84. The standard InChI is InChI=1S/C22H30O13/c1-9-15(25)17(27)19(29)21(33-9)32-8-13-16(26)18(28)20(30)22(34-13)35-14(24)6-4-10-3-5-11(23)12(7-10)31-2/h3-7,9,13,15-23,25-30H,8H2,1-2H3/b6-4+/t9-,13+,15-,16+,17+,18-,19+,20+,21+,22-/m0/s1. The maximum atomic E-state index is 12.2. The Balaban J connectivity index is 1.60. The molecule has 10 atom stereocenters. The van der Waals surface area contributed by atoms with Gasteiger partial charge in [0.25, 0.3) is 0 Å². The zero-order valence-corrected chi connectivity index (χ0v) is 18.9. The molecule has 2 aliphatic heterocycles. The summed E-state index contributed by atoms with van der Waals surface area (Å²) in [4.78, 5) is 12.2. The largest absolute Gasteiger partial charge is 0.504 e. The lowest BCUT2D eigenvalue weighted by atomic mass is 9.98. The van der Waals surface area contributed by atoms with E-state index in [9.17, 15) is 40.5 Å². The number of hydrogen-bond acceptors (Lipinski definition) is 13. The predicted octanol–water partition coefficient (Wildman–Crippen LogP) is -2.39. The number of phenols is 1. The maximum Gasteiger partial charge on any atom is 0.333 e. The second-order valence-corrected chi connectivity index (χ2v) is 8.23. The van der Waals surface area contributed by atoms with E-state index in [1.807, 2.05) is 0 Å². The number of aromatic hydroxyl groups is 1. The van der Waals surface area contributed by atoms with E-state index in [1.54, 1.807) is 0 Å². The highest BCUT2D eigenvalue weighted by atomic mass is 16.7. The summed E-state index contributed by atoms with van der Waals surface area (Å²) in [7, 11) is 1.37. The van der Waals surface area contributed by atoms with Gasteiger partial charge in [0.15, 0.2) is 17.8 Å². The van der Waals surface area contributed by atoms with E-state index in [1.165, 1.54) is 38.3 Å². The number of benzene rings is 1. The molecule has 196 valence electrons. The quantitative estimate of drug-likeness (QED) is 0.154. The normalized spacial score (nSPS) is 37.8. The van der Waals surface area contributed by atoms with Crippen LogP contribution in [0.4, 0.5) is 0 Å². The zero-order chi connectivity index (χ0) is 25.9. The van der Waals surface area contributed by atoms with E-state index in [0.29, 0.717) is 5.56 Å². The molecule has 13 heteroatoms. The average molecular weight is 502 g/mol. The van der Waals surface area contributed by atoms with Crippen LogP contribution in [0.25, 0.3) is 6.08 Å². The molecule has 35 heavy (non-hydrogen) atoms. The van der Waals surface area contributed by atoms with Gasteiger partial charge in [-0.1, -0.05) is 6.07 Å². The number of ether oxygens (including phenoxy) is 5. The minimum atomic E-state index is -1.78. The number of hydrogen-bond donors (Lipinski definition) is 7. The molecule has 3 rings (SSSR count). The first-order valence-electron chi connectivity index (χ1n) is 10.8. The molecule has 1 aromatic carbocycles. The number of phenolic OH excluding ortho intramolecular Hbond substituents is 1. The topological polar surface area (TPSA) is 205 Å². The van der Waals surface area contributed by atoms with Crippen molar-refractivity contribution < 1.29 is 64.2 Å². The SMILES string of the molecule is COc1cc(/C=C/C(=O)O[C@@H]2O[C@H](CO[C@@H]3O[C@@H](C)[C@H](O)[C@@H](O)[C@H]3O)[C@@H](O)[C@H](O)[C@H]2O)ccc1O. The molecule has 0 spiro atoms. The number of carbonyl (C=O) groups excluding carboxylic acids is 1. The Hall–Kier alpha value is -2.33. The van der Waals surface area contributed by atoms with Crippen LogP contribution in [0.1, 0.15) is 12.5 Å². The number of esters is 1. The highest BCUT2D eigenvalue weighted by Gasteiger charge is 2.47. The number of methoxy groups -OCH3 is 1. The van der Waals surface area contributed by atoms with Gasteiger partial charge < -0.3 is 59.4 Å². The molecule has 13 nitrogen and oxygen atoms in total. The van der Waals surface area contributed by atoms with Crippen molar-refractivity contribution >= 4 is 12.0 Å². The first kappa shape index (κ1) is 27.3. The Morgan fingerprint density at radius 2 is 1.60 bits per heavy atom. The minimum absolute atomic E-state index is 0.0851. The Labute approximate surface area is 200 Å². The zero-order valence-electron chi connectivity index (χ0n) is 18.9. The first-order chi connectivity index (χ1) is 16.5. The fourth-order valence-corrected chi connectivity index (χ4v) is 3.61. The molecule has 1 aromatic rings. The highest BCUT2D eigenvalue weighted by molar-refractivity contribution is 5.87. The van der Waals surface area contributed by atoms with Crippen LogP contribution < -0.4 is 4.74 Å². The van der Waals surface area contributed by atoms with E-state index in [4.69, 9.17) is 23.7 Å². The molecule has 0 amide bonds. The monoisotopic (exact) mass is 502 g/mol. The van der Waals surface area contributed by atoms with Crippen molar-refractivity contribution in [3.05, 3.63) is 29.8 Å². The third-order valence-electron chi connectivity index (χ3n) is 5.75. The summed E-state index contributed by atoms with van der Waals surface area (Å²) in [5, 5.41) is 69.8. The summed E-state index contributed by atoms with van der Waals surface area (Å²) < 4.78 is 26.1. The van der Waals surface area contributed by atoms with Crippen LogP contribution in [0.5, 0.6) is 11.5 Å². The Morgan fingerprint density at radius 3 is 2.29 bits per heavy atom. The molecule has 0 unspecified atom stereocenters. The van der Waals surface area contributed by atoms with E-state index in [-0.39, 0.29) is 11.5 Å². The van der Waals surface area contributed by atoms with E-state index in [2.05, 4.69) is 0 Å². The predicted molar refractivity (Wildman–Crippen MR) is 115 cm³/mol. The van der Waals surface area contributed by atoms with Gasteiger partial charge in [0.2, 0.25) is 6.29 Å². The van der Waals surface area contributed by atoms with Crippen molar-refractivity contribution in [2.24, 2.45) is 0 Å². The molecule has 0 saturated carbocycles. The smallest absolute Gasteiger partial charge is 0.333 e. The van der Waals surface area contributed by atoms with Crippen LogP contribution >= 0.6 is 0 Å². The van der Waals surface area contributed by atoms with E-state index in [0.717, 1.165) is 6.08 Å². The lowest BCUT2D eigenvalue weighted by Crippen LogP contribution is -2.61. The second-order valence-electron chi connectivity index (χ2n) is 8.23. The number of rotatable bonds is 7. The minimum Gasteiger partial charge on any atom is -0.504 e. The van der Waals surface area contributed by atoms with Crippen molar-refractivity contribution in [1.82, 2.24) is 0 Å². The van der Waals surface area contributed by atoms with Gasteiger partial charge in [0.05, 0.1) is 19.8 Å². The van der Waals surface area contributed by atoms with Crippen molar-refractivity contribution in [3.63, 3.8) is 0 Å². The second kappa shape index (κ2) is 11.6. The lowest BCUT2D eigenvalue weighted by Gasteiger charge is -2.42. The van der Waals surface area contributed by atoms with Crippen molar-refractivity contribution in [2.45, 2.75) is 68.3 Å². The van der Waals surface area contributed by atoms with Crippen LogP contribution in [-0.2, 0) is 23.7 Å². The molecular formula is C22H30O13. The van der Waals surface area contributed by atoms with Crippen molar-refractivity contribution in [2.75, 3.05) is 13.7 Å². The van der Waals surface area contributed by atoms with Gasteiger partial charge >= 0.3 is 5.97 Å². The maximum absolute atomic E-state index is 12.2. The molecule has 2 aliphatic rings. The molecular weight excluding hydrogens is 472 g/mol. The number of carbonyl (C=O) groups is 1. The third kappa shape index (κ3) is 6.27. The fourth-order valence-electron chi connectivity index (χ4n) is 3.61. The van der Waals surface area contributed by atoms with Gasteiger partial charge in [-0.2, -0.15) is 0 Å². The lowest BCUT2D eigenvalue weighted by molar-refractivity contribution is -0.323. The molecule has 7 N–H and O–H groups in total. The highest BCUT2D eigenvalue weighted by Crippen LogP contribution is 2.28. The molecule has 0 bridgehead atoms. The van der Waals surface area contributed by atoms with Crippen LogP contribution in [0.3, 0.4) is 0 Å². The van der Waals surface area contributed by atoms with Crippen LogP contribution in [0.15, 0.2) is 24.3 Å². The van der Waals surface area contributed by atoms with Crippen molar-refractivity contribution in [1.29, 1.82) is 0 Å². The molecule has 0 aliphatic carbocycles. The fraction of sp³-hybridized carbons (Fsp3) is 0.591. The third-order valence-corrected chi connectivity index (χ3v) is 5.75. The summed E-state index contributed by atoms with van der Waals surface area (Å²) in [6, 6.07) is 4.35. The van der Waals surface area contributed by atoms with Crippen LogP contribution in [-0.4, -0.2) is 117 Å². The summed E-state index contributed by atoms with van der Waals surface area (Å²) >= 11 is 0. The summed E-state index contributed by atoms with van der Waals surface area (Å²) in [5.41, 5.74) is 0.496. The summed E-state index contributed by atoms with van der Waals surface area (Å²) in [6.07, 6.45) is -12.5. The molecule has 0 radical (unpaired) electrons. The molecule has 0 aromatic heterocycles. The Kier molecular flexibility index (Phi) is 9.04. The van der Waals surface area contributed by atoms with E-state index < -0.39 is 74.0 Å². The Morgan fingerprint density at radius 1 is 0.943 bits per heavy atom. The van der Waals surface area contributed by atoms with Gasteiger partial charge in [-0.3, -0.25) is 0 Å². The number of aliphatic hydroxyl groups is 6. The van der Waals surface area contributed by atoms with Gasteiger partial charge in [-0.15, -0.1) is 0 Å². The molecule has 2 heterocycles. The molecule has 2 fully saturated rings. The van der Waals surface area contributed by atoms with Gasteiger partial charge in [0.1, 0.15) is 42.7 Å². The van der Waals surface area contributed by atoms with Gasteiger partial charge in [-0.05, 0) is 30.7 Å². The summed E-state index contributed by atoms with van der Waals surface area (Å²) in [6.45, 7) is 0.971. The van der Waals surface area contributed by atoms with E-state index >= 15 is 0 Å².